The third-order valence-electron chi connectivity index (χ3n) is 5.68. The Kier molecular flexibility index (Phi) is 6.74. The van der Waals surface area contributed by atoms with Crippen LogP contribution in [0.2, 0.25) is 0 Å². The van der Waals surface area contributed by atoms with Gasteiger partial charge >= 0.3 is 6.03 Å². The van der Waals surface area contributed by atoms with Crippen LogP contribution in [0.25, 0.3) is 10.9 Å². The molecule has 2 N–H and O–H groups in total. The third kappa shape index (κ3) is 5.23. The van der Waals surface area contributed by atoms with Crippen molar-refractivity contribution in [3.05, 3.63) is 106 Å². The summed E-state index contributed by atoms with van der Waals surface area (Å²) in [6.45, 7) is 2.61. The average Bonchev–Trinajstić information content (AvgIpc) is 2.83. The van der Waals surface area contributed by atoms with E-state index in [9.17, 15) is 9.59 Å². The minimum atomic E-state index is -0.292. The monoisotopic (exact) mass is 441 g/mol. The van der Waals surface area contributed by atoms with Gasteiger partial charge in [0.25, 0.3) is 5.56 Å². The number of carbonyl (C=O) groups is 1. The van der Waals surface area contributed by atoms with Crippen molar-refractivity contribution >= 4 is 22.6 Å². The zero-order chi connectivity index (χ0) is 23.2. The number of urea groups is 1. The number of anilines is 1. The highest BCUT2D eigenvalue weighted by atomic mass is 16.5. The minimum absolute atomic E-state index is 0.188. The Labute approximate surface area is 192 Å². The normalized spacial score (nSPS) is 10.7. The molecule has 0 saturated carbocycles. The Hall–Kier alpha value is -4.06. The lowest BCUT2D eigenvalue weighted by molar-refractivity contribution is 0.209. The number of hydrogen-bond acceptors (Lipinski definition) is 3. The van der Waals surface area contributed by atoms with Crippen molar-refractivity contribution in [1.82, 2.24) is 9.88 Å². The van der Waals surface area contributed by atoms with Crippen LogP contribution in [-0.4, -0.2) is 29.6 Å². The number of nitrogens with zero attached hydrogens (tertiary/aromatic N) is 1. The van der Waals surface area contributed by atoms with E-state index in [2.05, 4.69) is 10.3 Å². The quantitative estimate of drug-likeness (QED) is 0.418. The van der Waals surface area contributed by atoms with Crippen LogP contribution in [0.15, 0.2) is 83.7 Å². The zero-order valence-corrected chi connectivity index (χ0v) is 18.8. The van der Waals surface area contributed by atoms with Gasteiger partial charge < -0.3 is 19.9 Å². The van der Waals surface area contributed by atoms with E-state index < -0.39 is 0 Å². The minimum Gasteiger partial charge on any atom is -0.495 e. The third-order valence-corrected chi connectivity index (χ3v) is 5.68. The van der Waals surface area contributed by atoms with Crippen LogP contribution < -0.4 is 15.6 Å². The molecule has 6 nitrogen and oxygen atoms in total. The highest BCUT2D eigenvalue weighted by Gasteiger charge is 2.18. The SMILES string of the molecule is COc1ccccc1NC(=O)N(CCc1ccccc1)Cc1cc2cccc(C)c2[nH]c1=O. The molecule has 0 spiro atoms. The molecule has 0 aliphatic heterocycles. The molecule has 4 aromatic rings. The summed E-state index contributed by atoms with van der Waals surface area (Å²) in [4.78, 5) is 30.8. The number of rotatable bonds is 7. The van der Waals surface area contributed by atoms with Crippen LogP contribution >= 0.6 is 0 Å². The Bertz CT molecular complexity index is 1320. The van der Waals surface area contributed by atoms with E-state index in [4.69, 9.17) is 4.74 Å². The van der Waals surface area contributed by atoms with Gasteiger partial charge in [-0.3, -0.25) is 4.79 Å². The lowest BCUT2D eigenvalue weighted by Crippen LogP contribution is -2.37. The largest absolute Gasteiger partial charge is 0.495 e. The number of aromatic nitrogens is 1. The maximum atomic E-state index is 13.3. The molecule has 1 heterocycles. The number of aromatic amines is 1. The van der Waals surface area contributed by atoms with Crippen molar-refractivity contribution < 1.29 is 9.53 Å². The molecule has 0 aliphatic carbocycles. The van der Waals surface area contributed by atoms with Gasteiger partial charge in [0.15, 0.2) is 0 Å². The molecule has 0 atom stereocenters. The first-order valence-electron chi connectivity index (χ1n) is 10.9. The van der Waals surface area contributed by atoms with E-state index >= 15 is 0 Å². The van der Waals surface area contributed by atoms with Gasteiger partial charge in [0.2, 0.25) is 0 Å². The number of benzene rings is 3. The summed E-state index contributed by atoms with van der Waals surface area (Å²) >= 11 is 0. The van der Waals surface area contributed by atoms with Crippen LogP contribution in [0, 0.1) is 6.92 Å². The number of methoxy groups -OCH3 is 1. The molecule has 6 heteroatoms. The van der Waals surface area contributed by atoms with E-state index in [0.717, 1.165) is 22.0 Å². The second-order valence-electron chi connectivity index (χ2n) is 7.95. The molecule has 33 heavy (non-hydrogen) atoms. The molecule has 4 rings (SSSR count). The second-order valence-corrected chi connectivity index (χ2v) is 7.95. The first kappa shape index (κ1) is 22.1. The maximum Gasteiger partial charge on any atom is 0.322 e. The molecule has 168 valence electrons. The van der Waals surface area contributed by atoms with E-state index in [1.54, 1.807) is 24.1 Å². The number of nitrogens with one attached hydrogen (secondary N) is 2. The molecule has 0 bridgehead atoms. The number of para-hydroxylation sites is 3. The van der Waals surface area contributed by atoms with Crippen molar-refractivity contribution in [2.45, 2.75) is 19.9 Å². The van der Waals surface area contributed by atoms with Gasteiger partial charge in [-0.1, -0.05) is 60.7 Å². The van der Waals surface area contributed by atoms with Crippen LogP contribution in [-0.2, 0) is 13.0 Å². The van der Waals surface area contributed by atoms with E-state index in [1.807, 2.05) is 73.7 Å². The van der Waals surface area contributed by atoms with Gasteiger partial charge in [0, 0.05) is 12.1 Å². The van der Waals surface area contributed by atoms with E-state index in [-0.39, 0.29) is 18.1 Å². The second kappa shape index (κ2) is 10.0. The molecular weight excluding hydrogens is 414 g/mol. The number of carbonyl (C=O) groups excluding carboxylic acids is 1. The topological polar surface area (TPSA) is 74.4 Å². The molecule has 1 aromatic heterocycles. The Morgan fingerprint density at radius 3 is 2.55 bits per heavy atom. The molecule has 0 aliphatic rings. The summed E-state index contributed by atoms with van der Waals surface area (Å²) in [5.41, 5.74) is 3.88. The standard InChI is InChI=1S/C27H27N3O3/c1-19-9-8-12-21-17-22(26(31)29-25(19)21)18-30(16-15-20-10-4-3-5-11-20)27(32)28-23-13-6-7-14-24(23)33-2/h3-14,17H,15-16,18H2,1-2H3,(H,28,32)(H,29,31). The first-order valence-corrected chi connectivity index (χ1v) is 10.9. The molecular formula is C27H27N3O3. The fourth-order valence-corrected chi connectivity index (χ4v) is 3.85. The van der Waals surface area contributed by atoms with Gasteiger partial charge in [0.1, 0.15) is 5.75 Å². The van der Waals surface area contributed by atoms with Crippen LogP contribution in [0.3, 0.4) is 0 Å². The number of hydrogen-bond donors (Lipinski definition) is 2. The fourth-order valence-electron chi connectivity index (χ4n) is 3.85. The molecule has 3 aromatic carbocycles. The number of fused-ring (bicyclic) bond motifs is 1. The summed E-state index contributed by atoms with van der Waals surface area (Å²) in [6, 6.07) is 24.7. The molecule has 0 unspecified atom stereocenters. The molecule has 0 radical (unpaired) electrons. The van der Waals surface area contributed by atoms with Crippen molar-refractivity contribution in [3.8, 4) is 5.75 Å². The van der Waals surface area contributed by atoms with Crippen molar-refractivity contribution in [2.24, 2.45) is 0 Å². The Morgan fingerprint density at radius 2 is 1.76 bits per heavy atom. The number of amides is 2. The zero-order valence-electron chi connectivity index (χ0n) is 18.8. The van der Waals surface area contributed by atoms with E-state index in [1.165, 1.54) is 0 Å². The highest BCUT2D eigenvalue weighted by molar-refractivity contribution is 5.91. The Morgan fingerprint density at radius 1 is 1.00 bits per heavy atom. The molecule has 0 fully saturated rings. The van der Waals surface area contributed by atoms with Crippen LogP contribution in [0.4, 0.5) is 10.5 Å². The predicted octanol–water partition coefficient (Wildman–Crippen LogP) is 5.12. The summed E-state index contributed by atoms with van der Waals surface area (Å²) in [6.07, 6.45) is 0.671. The number of H-pyrrole nitrogens is 1. The van der Waals surface area contributed by atoms with Crippen molar-refractivity contribution in [1.29, 1.82) is 0 Å². The number of aryl methyl sites for hydroxylation is 1. The number of pyridine rings is 1. The predicted molar refractivity (Wildman–Crippen MR) is 132 cm³/mol. The van der Waals surface area contributed by atoms with Crippen molar-refractivity contribution in [3.63, 3.8) is 0 Å². The van der Waals surface area contributed by atoms with E-state index in [0.29, 0.717) is 30.0 Å². The lowest BCUT2D eigenvalue weighted by atomic mass is 10.1. The fraction of sp³-hybridized carbons (Fsp3) is 0.185. The van der Waals surface area contributed by atoms with Crippen LogP contribution in [0.1, 0.15) is 16.7 Å². The molecule has 0 saturated heterocycles. The Balaban J connectivity index is 1.62. The first-order chi connectivity index (χ1) is 16.0. The lowest BCUT2D eigenvalue weighted by Gasteiger charge is -2.24. The number of ether oxygens (including phenoxy) is 1. The van der Waals surface area contributed by atoms with Gasteiger partial charge in [0.05, 0.1) is 24.9 Å². The highest BCUT2D eigenvalue weighted by Crippen LogP contribution is 2.24. The smallest absolute Gasteiger partial charge is 0.322 e. The summed E-state index contributed by atoms with van der Waals surface area (Å²) < 4.78 is 5.36. The summed E-state index contributed by atoms with van der Waals surface area (Å²) in [7, 11) is 1.56. The van der Waals surface area contributed by atoms with Gasteiger partial charge in [-0.2, -0.15) is 0 Å². The van der Waals surface area contributed by atoms with Crippen LogP contribution in [0.5, 0.6) is 5.75 Å². The maximum absolute atomic E-state index is 13.3. The summed E-state index contributed by atoms with van der Waals surface area (Å²) in [5, 5.41) is 3.88. The average molecular weight is 442 g/mol. The van der Waals surface area contributed by atoms with Gasteiger partial charge in [-0.15, -0.1) is 0 Å². The van der Waals surface area contributed by atoms with Crippen molar-refractivity contribution in [2.75, 3.05) is 19.0 Å². The summed E-state index contributed by atoms with van der Waals surface area (Å²) in [5.74, 6) is 0.577. The molecule has 2 amide bonds. The van der Waals surface area contributed by atoms with Gasteiger partial charge in [-0.25, -0.2) is 4.79 Å². The van der Waals surface area contributed by atoms with Gasteiger partial charge in [-0.05, 0) is 48.1 Å².